The average Bonchev–Trinajstić information content (AvgIpc) is 2.48. The van der Waals surface area contributed by atoms with Crippen LogP contribution in [-0.2, 0) is 11.2 Å². The van der Waals surface area contributed by atoms with Gasteiger partial charge >= 0.3 is 0 Å². The minimum absolute atomic E-state index is 0.250. The Morgan fingerprint density at radius 3 is 2.62 bits per heavy atom. The zero-order valence-corrected chi connectivity index (χ0v) is 12.4. The normalized spacial score (nSPS) is 11.8. The number of halogens is 1. The Balaban J connectivity index is 1.99. The van der Waals surface area contributed by atoms with E-state index in [0.29, 0.717) is 22.9 Å². The van der Waals surface area contributed by atoms with E-state index in [1.807, 2.05) is 30.3 Å². The summed E-state index contributed by atoms with van der Waals surface area (Å²) in [5, 5.41) is 3.19. The van der Waals surface area contributed by atoms with Crippen molar-refractivity contribution in [3.05, 3.63) is 59.1 Å². The number of hydrogen-bond acceptors (Lipinski definition) is 3. The number of carbonyl (C=O) groups excluding carboxylic acids is 1. The van der Waals surface area contributed by atoms with Gasteiger partial charge in [-0.05, 0) is 30.2 Å². The third-order valence-electron chi connectivity index (χ3n) is 3.05. The quantitative estimate of drug-likeness (QED) is 0.892. The molecule has 0 saturated heterocycles. The topological polar surface area (TPSA) is 64.3 Å². The van der Waals surface area contributed by atoms with Crippen LogP contribution in [0.1, 0.15) is 5.56 Å². The van der Waals surface area contributed by atoms with Crippen LogP contribution >= 0.6 is 11.6 Å². The van der Waals surface area contributed by atoms with E-state index in [4.69, 9.17) is 22.1 Å². The van der Waals surface area contributed by atoms with Gasteiger partial charge in [-0.15, -0.1) is 0 Å². The van der Waals surface area contributed by atoms with Gasteiger partial charge in [-0.25, -0.2) is 0 Å². The van der Waals surface area contributed by atoms with Gasteiger partial charge in [0.25, 0.3) is 0 Å². The first kappa shape index (κ1) is 15.4. The van der Waals surface area contributed by atoms with Crippen molar-refractivity contribution in [3.8, 4) is 5.75 Å². The Hall–Kier alpha value is -2.04. The fraction of sp³-hybridized carbons (Fsp3) is 0.188. The lowest BCUT2D eigenvalue weighted by atomic mass is 10.1. The molecule has 0 aliphatic rings. The number of methoxy groups -OCH3 is 1. The molecule has 4 nitrogen and oxygen atoms in total. The van der Waals surface area contributed by atoms with Crippen molar-refractivity contribution < 1.29 is 9.53 Å². The number of ether oxygens (including phenoxy) is 1. The maximum Gasteiger partial charge on any atom is 0.241 e. The number of nitrogens with one attached hydrogen (secondary N) is 1. The van der Waals surface area contributed by atoms with Gasteiger partial charge in [0.1, 0.15) is 5.75 Å². The first-order valence-corrected chi connectivity index (χ1v) is 6.92. The number of anilines is 1. The highest BCUT2D eigenvalue weighted by molar-refractivity contribution is 6.32. The number of benzene rings is 2. The summed E-state index contributed by atoms with van der Waals surface area (Å²) in [5.41, 5.74) is 7.53. The van der Waals surface area contributed by atoms with E-state index in [9.17, 15) is 4.79 Å². The summed E-state index contributed by atoms with van der Waals surface area (Å²) in [7, 11) is 1.54. The molecular weight excluding hydrogens is 288 g/mol. The summed E-state index contributed by atoms with van der Waals surface area (Å²) in [6.45, 7) is 0. The molecule has 0 radical (unpaired) electrons. The van der Waals surface area contributed by atoms with Crippen molar-refractivity contribution >= 4 is 23.2 Å². The van der Waals surface area contributed by atoms with Gasteiger partial charge in [0.15, 0.2) is 0 Å². The van der Waals surface area contributed by atoms with Crippen LogP contribution in [0.15, 0.2) is 48.5 Å². The fourth-order valence-corrected chi connectivity index (χ4v) is 2.20. The molecule has 1 atom stereocenters. The molecule has 110 valence electrons. The lowest BCUT2D eigenvalue weighted by Crippen LogP contribution is -2.37. The molecule has 0 aromatic heterocycles. The SMILES string of the molecule is COc1ccc(NC(=O)[C@H](N)Cc2ccccc2)cc1Cl. The zero-order chi connectivity index (χ0) is 15.2. The second kappa shape index (κ2) is 7.11. The third kappa shape index (κ3) is 4.21. The predicted molar refractivity (Wildman–Crippen MR) is 84.8 cm³/mol. The van der Waals surface area contributed by atoms with Crippen LogP contribution in [-0.4, -0.2) is 19.1 Å². The highest BCUT2D eigenvalue weighted by atomic mass is 35.5. The van der Waals surface area contributed by atoms with E-state index < -0.39 is 6.04 Å². The van der Waals surface area contributed by atoms with E-state index in [-0.39, 0.29) is 5.91 Å². The van der Waals surface area contributed by atoms with E-state index >= 15 is 0 Å². The molecule has 21 heavy (non-hydrogen) atoms. The Labute approximate surface area is 128 Å². The van der Waals surface area contributed by atoms with Crippen LogP contribution in [0.25, 0.3) is 0 Å². The van der Waals surface area contributed by atoms with Gasteiger partial charge in [-0.3, -0.25) is 4.79 Å². The maximum atomic E-state index is 12.1. The summed E-state index contributed by atoms with van der Waals surface area (Å²) in [6, 6.07) is 14.1. The predicted octanol–water partition coefficient (Wildman–Crippen LogP) is 2.86. The van der Waals surface area contributed by atoms with Gasteiger partial charge in [-0.2, -0.15) is 0 Å². The molecule has 0 unspecified atom stereocenters. The van der Waals surface area contributed by atoms with Crippen molar-refractivity contribution in [1.29, 1.82) is 0 Å². The Kier molecular flexibility index (Phi) is 5.20. The van der Waals surface area contributed by atoms with Gasteiger partial charge in [-0.1, -0.05) is 41.9 Å². The monoisotopic (exact) mass is 304 g/mol. The zero-order valence-electron chi connectivity index (χ0n) is 11.7. The summed E-state index contributed by atoms with van der Waals surface area (Å²) in [4.78, 5) is 12.1. The van der Waals surface area contributed by atoms with E-state index in [0.717, 1.165) is 5.56 Å². The van der Waals surface area contributed by atoms with Crippen LogP contribution in [0.2, 0.25) is 5.02 Å². The molecule has 0 aliphatic heterocycles. The number of carbonyl (C=O) groups is 1. The van der Waals surface area contributed by atoms with Gasteiger partial charge in [0.2, 0.25) is 5.91 Å². The van der Waals surface area contributed by atoms with Crippen molar-refractivity contribution in [2.75, 3.05) is 12.4 Å². The molecule has 0 bridgehead atoms. The smallest absolute Gasteiger partial charge is 0.241 e. The molecule has 0 aliphatic carbocycles. The van der Waals surface area contributed by atoms with E-state index in [1.165, 1.54) is 7.11 Å². The summed E-state index contributed by atoms with van der Waals surface area (Å²) >= 11 is 6.01. The van der Waals surface area contributed by atoms with Crippen molar-refractivity contribution in [3.63, 3.8) is 0 Å². The molecule has 0 spiro atoms. The molecule has 0 heterocycles. The molecule has 2 aromatic carbocycles. The Bertz CT molecular complexity index is 617. The summed E-state index contributed by atoms with van der Waals surface area (Å²) < 4.78 is 5.06. The lowest BCUT2D eigenvalue weighted by molar-refractivity contribution is -0.117. The van der Waals surface area contributed by atoms with E-state index in [1.54, 1.807) is 18.2 Å². The molecule has 0 fully saturated rings. The van der Waals surface area contributed by atoms with Crippen LogP contribution in [0.4, 0.5) is 5.69 Å². The fourth-order valence-electron chi connectivity index (χ4n) is 1.94. The molecular formula is C16H17ClN2O2. The van der Waals surface area contributed by atoms with Crippen LogP contribution in [0, 0.1) is 0 Å². The first-order chi connectivity index (χ1) is 10.1. The molecule has 2 aromatic rings. The number of nitrogens with two attached hydrogens (primary N) is 1. The minimum Gasteiger partial charge on any atom is -0.495 e. The number of rotatable bonds is 5. The molecule has 3 N–H and O–H groups in total. The standard InChI is InChI=1S/C16H17ClN2O2/c1-21-15-8-7-12(10-13(15)17)19-16(20)14(18)9-11-5-3-2-4-6-11/h2-8,10,14H,9,18H2,1H3,(H,19,20)/t14-/m1/s1. The summed E-state index contributed by atoms with van der Waals surface area (Å²) in [5.74, 6) is 0.309. The number of hydrogen-bond donors (Lipinski definition) is 2. The molecule has 5 heteroatoms. The van der Waals surface area contributed by atoms with Crippen molar-refractivity contribution in [2.45, 2.75) is 12.5 Å². The van der Waals surface area contributed by atoms with Crippen LogP contribution in [0.3, 0.4) is 0 Å². The molecule has 1 amide bonds. The van der Waals surface area contributed by atoms with Crippen LogP contribution < -0.4 is 15.8 Å². The second-order valence-electron chi connectivity index (χ2n) is 4.63. The lowest BCUT2D eigenvalue weighted by Gasteiger charge is -2.13. The minimum atomic E-state index is -0.617. The van der Waals surface area contributed by atoms with Crippen molar-refractivity contribution in [2.24, 2.45) is 5.73 Å². The third-order valence-corrected chi connectivity index (χ3v) is 3.35. The van der Waals surface area contributed by atoms with Gasteiger partial charge in [0.05, 0.1) is 18.2 Å². The molecule has 0 saturated carbocycles. The first-order valence-electron chi connectivity index (χ1n) is 6.54. The number of amides is 1. The molecule has 2 rings (SSSR count). The highest BCUT2D eigenvalue weighted by Gasteiger charge is 2.14. The Morgan fingerprint density at radius 1 is 1.29 bits per heavy atom. The largest absolute Gasteiger partial charge is 0.495 e. The van der Waals surface area contributed by atoms with Crippen LogP contribution in [0.5, 0.6) is 5.75 Å². The highest BCUT2D eigenvalue weighted by Crippen LogP contribution is 2.27. The second-order valence-corrected chi connectivity index (χ2v) is 5.04. The van der Waals surface area contributed by atoms with Crippen molar-refractivity contribution in [1.82, 2.24) is 0 Å². The van der Waals surface area contributed by atoms with E-state index in [2.05, 4.69) is 5.32 Å². The average molecular weight is 305 g/mol. The Morgan fingerprint density at radius 2 is 2.00 bits per heavy atom. The summed E-state index contributed by atoms with van der Waals surface area (Å²) in [6.07, 6.45) is 0.483. The maximum absolute atomic E-state index is 12.1. The van der Waals surface area contributed by atoms with Gasteiger partial charge < -0.3 is 15.8 Å². The van der Waals surface area contributed by atoms with Gasteiger partial charge in [0, 0.05) is 5.69 Å².